The third kappa shape index (κ3) is 7.25. The van der Waals surface area contributed by atoms with Crippen LogP contribution in [0.4, 0.5) is 0 Å². The van der Waals surface area contributed by atoms with E-state index in [1.807, 2.05) is 86.6 Å². The molecule has 300 valence electrons. The summed E-state index contributed by atoms with van der Waals surface area (Å²) in [6, 6.07) is 35.8. The van der Waals surface area contributed by atoms with Gasteiger partial charge in [0.2, 0.25) is 0 Å². The van der Waals surface area contributed by atoms with Gasteiger partial charge in [-0.15, -0.1) is 22.7 Å². The second-order valence-electron chi connectivity index (χ2n) is 14.1. The van der Waals surface area contributed by atoms with Crippen molar-refractivity contribution >= 4 is 75.5 Å². The SMILES string of the molecule is Cc1ccc2nc(-c3ccc(-n4on4-c4ccc(/C=C/c5ccc(-n6on6-c6ccc(-c7nc8ccc(C)cc8s7)cc6)cc5S(=O)(=O)O)c(S(=O)(=O)O)c4)cc3)sc2c1. The minimum absolute atomic E-state index is 0.0558. The van der Waals surface area contributed by atoms with Gasteiger partial charge in [-0.3, -0.25) is 9.11 Å². The first-order valence-electron chi connectivity index (χ1n) is 18.2. The fourth-order valence-corrected chi connectivity index (χ4v) is 10.2. The Kier molecular flexibility index (Phi) is 8.83. The van der Waals surface area contributed by atoms with Gasteiger partial charge in [-0.05, 0) is 133 Å². The zero-order valence-electron chi connectivity index (χ0n) is 31.4. The Bertz CT molecular complexity index is 3280. The van der Waals surface area contributed by atoms with Crippen molar-refractivity contribution in [3.8, 4) is 43.9 Å². The maximum absolute atomic E-state index is 12.6. The van der Waals surface area contributed by atoms with Gasteiger partial charge in [0.15, 0.2) is 0 Å². The van der Waals surface area contributed by atoms with E-state index in [-0.39, 0.29) is 11.1 Å². The van der Waals surface area contributed by atoms with Crippen LogP contribution in [0.15, 0.2) is 140 Å². The third-order valence-corrected chi connectivity index (χ3v) is 13.7. The molecule has 6 aromatic carbocycles. The van der Waals surface area contributed by atoms with Crippen molar-refractivity contribution in [1.29, 1.82) is 0 Å². The number of aromatic nitrogens is 6. The second kappa shape index (κ2) is 14.0. The summed E-state index contributed by atoms with van der Waals surface area (Å²) in [7, 11) is -9.53. The molecule has 10 rings (SSSR count). The van der Waals surface area contributed by atoms with Crippen LogP contribution in [0.2, 0.25) is 0 Å². The number of hydrogen-bond acceptors (Lipinski definition) is 10. The highest BCUT2D eigenvalue weighted by molar-refractivity contribution is 7.86. The maximum atomic E-state index is 12.6. The molecule has 18 heteroatoms. The standard InChI is InChI=1S/C42H30N6O8S4/c1-25-3-19-35-37(21-25)57-41(43-35)29-9-13-31(14-10-29)45-47(55-45)33-17-7-27(39(23-33)59(49,50)51)5-6-28-8-18-34(24-40(28)60(52,53)54)48-46(56-48)32-15-11-30(12-16-32)42-44-36-20-4-26(2)22-38(36)58-42/h3-24H,1-2H3,(H,49,50,51)(H,52,53,54)/b6-5+. The molecule has 0 spiro atoms. The van der Waals surface area contributed by atoms with Crippen LogP contribution in [-0.2, 0) is 20.2 Å². The molecular formula is C42H30N6O8S4. The fraction of sp³-hybridized carbons (Fsp3) is 0.0476. The molecule has 10 aromatic rings. The fourth-order valence-electron chi connectivity index (χ4n) is 6.68. The summed E-state index contributed by atoms with van der Waals surface area (Å²) in [4.78, 5) is 14.2. The third-order valence-electron chi connectivity index (χ3n) is 9.78. The van der Waals surface area contributed by atoms with Gasteiger partial charge in [0.05, 0.1) is 20.4 Å². The van der Waals surface area contributed by atoms with E-state index < -0.39 is 30.0 Å². The number of rotatable bonds is 10. The van der Waals surface area contributed by atoms with Gasteiger partial charge < -0.3 is 0 Å². The first kappa shape index (κ1) is 37.7. The summed E-state index contributed by atoms with van der Waals surface area (Å²) >= 11 is 3.20. The van der Waals surface area contributed by atoms with Crippen molar-refractivity contribution in [1.82, 2.24) is 29.4 Å². The van der Waals surface area contributed by atoms with E-state index in [2.05, 4.69) is 12.1 Å². The van der Waals surface area contributed by atoms with E-state index >= 15 is 0 Å². The number of thiazole rings is 2. The Morgan fingerprint density at radius 2 is 0.867 bits per heavy atom. The van der Waals surface area contributed by atoms with Gasteiger partial charge in [0.1, 0.15) is 42.6 Å². The van der Waals surface area contributed by atoms with Crippen LogP contribution in [0.5, 0.6) is 0 Å². The minimum atomic E-state index is -4.76. The van der Waals surface area contributed by atoms with Crippen LogP contribution in [0.25, 0.3) is 76.5 Å². The van der Waals surface area contributed by atoms with Crippen LogP contribution in [0.1, 0.15) is 22.3 Å². The largest absolute Gasteiger partial charge is 0.295 e. The van der Waals surface area contributed by atoms with Crippen LogP contribution < -0.4 is 0 Å². The highest BCUT2D eigenvalue weighted by Crippen LogP contribution is 2.34. The topological polar surface area (TPSA) is 181 Å². The van der Waals surface area contributed by atoms with E-state index in [0.29, 0.717) is 22.7 Å². The van der Waals surface area contributed by atoms with Crippen molar-refractivity contribution in [3.05, 3.63) is 144 Å². The van der Waals surface area contributed by atoms with Gasteiger partial charge in [-0.25, -0.2) is 19.2 Å². The first-order valence-corrected chi connectivity index (χ1v) is 22.7. The van der Waals surface area contributed by atoms with E-state index in [1.165, 1.54) is 55.8 Å². The molecule has 0 amide bonds. The van der Waals surface area contributed by atoms with Gasteiger partial charge in [-0.2, -0.15) is 16.8 Å². The molecule has 0 saturated heterocycles. The predicted molar refractivity (Wildman–Crippen MR) is 230 cm³/mol. The van der Waals surface area contributed by atoms with Crippen molar-refractivity contribution < 1.29 is 35.2 Å². The summed E-state index contributed by atoms with van der Waals surface area (Å²) in [5, 5.41) is 1.75. The number of fused-ring (bicyclic) bond motifs is 2. The molecule has 0 fully saturated rings. The zero-order valence-corrected chi connectivity index (χ0v) is 34.6. The monoisotopic (exact) mass is 874 g/mol. The van der Waals surface area contributed by atoms with Crippen molar-refractivity contribution in [3.63, 3.8) is 0 Å². The Hall–Kier alpha value is -6.54. The Morgan fingerprint density at radius 1 is 0.500 bits per heavy atom. The lowest BCUT2D eigenvalue weighted by Gasteiger charge is -2.06. The number of benzene rings is 6. The van der Waals surface area contributed by atoms with Crippen LogP contribution in [0, 0.1) is 13.8 Å². The molecule has 0 bridgehead atoms. The first-order chi connectivity index (χ1) is 28.7. The zero-order chi connectivity index (χ0) is 41.5. The highest BCUT2D eigenvalue weighted by atomic mass is 32.2. The Labute approximate surface area is 349 Å². The number of hydrogen-bond donors (Lipinski definition) is 2. The lowest BCUT2D eigenvalue weighted by atomic mass is 10.1. The van der Waals surface area contributed by atoms with Gasteiger partial charge >= 0.3 is 0 Å². The molecular weight excluding hydrogens is 845 g/mol. The molecule has 0 aliphatic heterocycles. The molecule has 0 aliphatic carbocycles. The van der Waals surface area contributed by atoms with E-state index in [4.69, 9.17) is 19.2 Å². The minimum Gasteiger partial charge on any atom is -0.282 e. The normalized spacial score (nSPS) is 12.5. The van der Waals surface area contributed by atoms with Crippen molar-refractivity contribution in [2.75, 3.05) is 0 Å². The summed E-state index contributed by atoms with van der Waals surface area (Å²) in [6.07, 6.45) is 2.65. The summed E-state index contributed by atoms with van der Waals surface area (Å²) in [5.74, 6) is 0. The van der Waals surface area contributed by atoms with Crippen molar-refractivity contribution in [2.24, 2.45) is 0 Å². The van der Waals surface area contributed by atoms with E-state index in [9.17, 15) is 25.9 Å². The summed E-state index contributed by atoms with van der Waals surface area (Å²) in [5.41, 5.74) is 8.10. The molecule has 4 heterocycles. The lowest BCUT2D eigenvalue weighted by molar-refractivity contribution is 0.473. The van der Waals surface area contributed by atoms with E-state index in [0.717, 1.165) is 52.7 Å². The molecule has 2 N–H and O–H groups in total. The molecule has 0 unspecified atom stereocenters. The predicted octanol–water partition coefficient (Wildman–Crippen LogP) is 9.87. The molecule has 0 atom stereocenters. The second-order valence-corrected chi connectivity index (χ2v) is 18.9. The average molecular weight is 875 g/mol. The van der Waals surface area contributed by atoms with Crippen molar-refractivity contribution in [2.45, 2.75) is 23.6 Å². The van der Waals surface area contributed by atoms with Crippen LogP contribution in [0.3, 0.4) is 0 Å². The Balaban J connectivity index is 0.877. The van der Waals surface area contributed by atoms with E-state index in [1.54, 1.807) is 34.8 Å². The molecule has 60 heavy (non-hydrogen) atoms. The van der Waals surface area contributed by atoms with Crippen LogP contribution in [-0.4, -0.2) is 55.3 Å². The molecule has 4 aromatic heterocycles. The molecule has 0 radical (unpaired) electrons. The molecule has 14 nitrogen and oxygen atoms in total. The average Bonchev–Trinajstić information content (AvgIpc) is 4.12. The van der Waals surface area contributed by atoms with Crippen LogP contribution >= 0.6 is 22.7 Å². The quantitative estimate of drug-likeness (QED) is 0.0992. The van der Waals surface area contributed by atoms with Gasteiger partial charge in [0, 0.05) is 11.1 Å². The van der Waals surface area contributed by atoms with Gasteiger partial charge in [0.25, 0.3) is 20.2 Å². The highest BCUT2D eigenvalue weighted by Gasteiger charge is 2.24. The van der Waals surface area contributed by atoms with Gasteiger partial charge in [-0.1, -0.05) is 55.8 Å². The summed E-state index contributed by atoms with van der Waals surface area (Å²) < 4.78 is 84.2. The summed E-state index contributed by atoms with van der Waals surface area (Å²) in [6.45, 7) is 4.08. The lowest BCUT2D eigenvalue weighted by Crippen LogP contribution is -2.04. The number of nitrogens with zero attached hydrogens (tertiary/aromatic N) is 6. The number of aryl methyl sites for hydroxylation is 2. The molecule has 0 saturated carbocycles. The molecule has 0 aliphatic rings. The maximum Gasteiger partial charge on any atom is 0.295 e. The Morgan fingerprint density at radius 3 is 1.25 bits per heavy atom. The smallest absolute Gasteiger partial charge is 0.282 e.